The number of esters is 1. The van der Waals surface area contributed by atoms with Crippen molar-refractivity contribution < 1.29 is 18.7 Å². The standard InChI is InChI=1S/C17H18FN3O3/c1-2-21-9-11(7-15(21)22)10-24-17(23)14-8-19-20-16(14)12-3-5-13(18)6-4-12/h3-6,8,11H,2,7,9-10H2,1H3,(H,19,20). The van der Waals surface area contributed by atoms with Crippen LogP contribution in [-0.4, -0.2) is 46.7 Å². The second-order valence-electron chi connectivity index (χ2n) is 5.77. The van der Waals surface area contributed by atoms with E-state index in [0.717, 1.165) is 0 Å². The number of halogens is 1. The zero-order chi connectivity index (χ0) is 17.1. The van der Waals surface area contributed by atoms with Crippen LogP contribution in [0.25, 0.3) is 11.3 Å². The molecule has 6 nitrogen and oxygen atoms in total. The Balaban J connectivity index is 1.65. The van der Waals surface area contributed by atoms with Crippen LogP contribution >= 0.6 is 0 Å². The molecule has 3 rings (SSSR count). The highest BCUT2D eigenvalue weighted by atomic mass is 19.1. The number of nitrogens with one attached hydrogen (secondary N) is 1. The Morgan fingerprint density at radius 1 is 1.42 bits per heavy atom. The molecule has 1 fully saturated rings. The van der Waals surface area contributed by atoms with Gasteiger partial charge in [0.15, 0.2) is 0 Å². The lowest BCUT2D eigenvalue weighted by Crippen LogP contribution is -2.25. The molecule has 1 aromatic heterocycles. The zero-order valence-corrected chi connectivity index (χ0v) is 13.3. The van der Waals surface area contributed by atoms with Gasteiger partial charge in [-0.1, -0.05) is 0 Å². The number of hydrogen-bond donors (Lipinski definition) is 1. The van der Waals surface area contributed by atoms with Gasteiger partial charge in [-0.3, -0.25) is 9.89 Å². The average Bonchev–Trinajstić information content (AvgIpc) is 3.20. The fourth-order valence-corrected chi connectivity index (χ4v) is 2.82. The van der Waals surface area contributed by atoms with E-state index in [2.05, 4.69) is 10.2 Å². The summed E-state index contributed by atoms with van der Waals surface area (Å²) in [6.07, 6.45) is 1.79. The Kier molecular flexibility index (Phi) is 4.59. The van der Waals surface area contributed by atoms with Crippen molar-refractivity contribution in [1.82, 2.24) is 15.1 Å². The lowest BCUT2D eigenvalue weighted by molar-refractivity contribution is -0.127. The van der Waals surface area contributed by atoms with Crippen LogP contribution in [-0.2, 0) is 9.53 Å². The maximum atomic E-state index is 13.0. The van der Waals surface area contributed by atoms with Crippen LogP contribution < -0.4 is 0 Å². The first-order valence-corrected chi connectivity index (χ1v) is 7.82. The molecule has 126 valence electrons. The van der Waals surface area contributed by atoms with Gasteiger partial charge in [0, 0.05) is 31.0 Å². The molecule has 0 aliphatic carbocycles. The first kappa shape index (κ1) is 16.2. The summed E-state index contributed by atoms with van der Waals surface area (Å²) in [5.41, 5.74) is 1.42. The molecule has 24 heavy (non-hydrogen) atoms. The molecular weight excluding hydrogens is 313 g/mol. The molecule has 1 atom stereocenters. The van der Waals surface area contributed by atoms with Gasteiger partial charge in [-0.05, 0) is 31.2 Å². The fraction of sp³-hybridized carbons (Fsp3) is 0.353. The highest BCUT2D eigenvalue weighted by molar-refractivity contribution is 5.95. The topological polar surface area (TPSA) is 75.3 Å². The summed E-state index contributed by atoms with van der Waals surface area (Å²) in [6.45, 7) is 3.39. The number of ether oxygens (including phenoxy) is 1. The molecule has 1 aromatic carbocycles. The van der Waals surface area contributed by atoms with E-state index in [1.807, 2.05) is 6.92 Å². The van der Waals surface area contributed by atoms with E-state index in [0.29, 0.717) is 36.3 Å². The van der Waals surface area contributed by atoms with E-state index < -0.39 is 5.97 Å². The maximum absolute atomic E-state index is 13.0. The summed E-state index contributed by atoms with van der Waals surface area (Å²) >= 11 is 0. The van der Waals surface area contributed by atoms with E-state index in [-0.39, 0.29) is 24.2 Å². The van der Waals surface area contributed by atoms with Crippen LogP contribution in [0.5, 0.6) is 0 Å². The molecule has 1 amide bonds. The highest BCUT2D eigenvalue weighted by Gasteiger charge is 2.29. The molecule has 1 aliphatic heterocycles. The maximum Gasteiger partial charge on any atom is 0.341 e. The lowest BCUT2D eigenvalue weighted by Gasteiger charge is -2.13. The van der Waals surface area contributed by atoms with Crippen LogP contribution in [0.4, 0.5) is 4.39 Å². The van der Waals surface area contributed by atoms with E-state index in [9.17, 15) is 14.0 Å². The predicted molar refractivity (Wildman–Crippen MR) is 84.6 cm³/mol. The Labute approximate surface area is 138 Å². The second kappa shape index (κ2) is 6.82. The lowest BCUT2D eigenvalue weighted by atomic mass is 10.1. The average molecular weight is 331 g/mol. The minimum atomic E-state index is -0.509. The van der Waals surface area contributed by atoms with Gasteiger partial charge in [-0.25, -0.2) is 9.18 Å². The van der Waals surface area contributed by atoms with Gasteiger partial charge in [-0.2, -0.15) is 5.10 Å². The van der Waals surface area contributed by atoms with Crippen molar-refractivity contribution in [2.45, 2.75) is 13.3 Å². The molecule has 0 radical (unpaired) electrons. The second-order valence-corrected chi connectivity index (χ2v) is 5.77. The Hall–Kier alpha value is -2.70. The summed E-state index contributed by atoms with van der Waals surface area (Å²) in [6, 6.07) is 5.76. The van der Waals surface area contributed by atoms with Crippen molar-refractivity contribution >= 4 is 11.9 Å². The molecule has 1 saturated heterocycles. The third-order valence-electron chi connectivity index (χ3n) is 4.12. The first-order chi connectivity index (χ1) is 11.6. The minimum absolute atomic E-state index is 0.0163. The Bertz CT molecular complexity index is 742. The molecule has 2 heterocycles. The quantitative estimate of drug-likeness (QED) is 0.853. The van der Waals surface area contributed by atoms with E-state index >= 15 is 0 Å². The van der Waals surface area contributed by atoms with Crippen molar-refractivity contribution in [2.24, 2.45) is 5.92 Å². The molecule has 0 saturated carbocycles. The monoisotopic (exact) mass is 331 g/mol. The Morgan fingerprint density at radius 2 is 2.17 bits per heavy atom. The smallest absolute Gasteiger partial charge is 0.341 e. The molecule has 1 aliphatic rings. The number of benzene rings is 1. The molecule has 1 N–H and O–H groups in total. The van der Waals surface area contributed by atoms with Gasteiger partial charge >= 0.3 is 5.97 Å². The van der Waals surface area contributed by atoms with Crippen LogP contribution in [0, 0.1) is 11.7 Å². The van der Waals surface area contributed by atoms with Crippen molar-refractivity contribution in [2.75, 3.05) is 19.7 Å². The molecular formula is C17H18FN3O3. The van der Waals surface area contributed by atoms with Crippen LogP contribution in [0.2, 0.25) is 0 Å². The highest BCUT2D eigenvalue weighted by Crippen LogP contribution is 2.23. The fourth-order valence-electron chi connectivity index (χ4n) is 2.82. The molecule has 7 heteroatoms. The van der Waals surface area contributed by atoms with Crippen LogP contribution in [0.1, 0.15) is 23.7 Å². The number of aromatic nitrogens is 2. The van der Waals surface area contributed by atoms with E-state index in [4.69, 9.17) is 4.74 Å². The number of rotatable bonds is 5. The van der Waals surface area contributed by atoms with Crippen LogP contribution in [0.3, 0.4) is 0 Å². The number of aromatic amines is 1. The number of H-pyrrole nitrogens is 1. The van der Waals surface area contributed by atoms with Gasteiger partial charge in [0.1, 0.15) is 11.4 Å². The summed E-state index contributed by atoms with van der Waals surface area (Å²) < 4.78 is 18.4. The molecule has 2 aromatic rings. The van der Waals surface area contributed by atoms with E-state index in [1.54, 1.807) is 17.0 Å². The van der Waals surface area contributed by atoms with Gasteiger partial charge in [0.25, 0.3) is 0 Å². The van der Waals surface area contributed by atoms with Gasteiger partial charge in [-0.15, -0.1) is 0 Å². The number of hydrogen-bond acceptors (Lipinski definition) is 4. The molecule has 0 spiro atoms. The number of nitrogens with zero attached hydrogens (tertiary/aromatic N) is 2. The largest absolute Gasteiger partial charge is 0.462 e. The van der Waals surface area contributed by atoms with Crippen molar-refractivity contribution in [3.8, 4) is 11.3 Å². The number of likely N-dealkylation sites (tertiary alicyclic amines) is 1. The number of amides is 1. The van der Waals surface area contributed by atoms with E-state index in [1.165, 1.54) is 18.3 Å². The third-order valence-corrected chi connectivity index (χ3v) is 4.12. The number of carbonyl (C=O) groups excluding carboxylic acids is 2. The SMILES string of the molecule is CCN1CC(COC(=O)c2cn[nH]c2-c2ccc(F)cc2)CC1=O. The summed E-state index contributed by atoms with van der Waals surface area (Å²) in [7, 11) is 0. The first-order valence-electron chi connectivity index (χ1n) is 7.82. The Morgan fingerprint density at radius 3 is 2.83 bits per heavy atom. The van der Waals surface area contributed by atoms with Crippen molar-refractivity contribution in [3.05, 3.63) is 41.8 Å². The zero-order valence-electron chi connectivity index (χ0n) is 13.3. The van der Waals surface area contributed by atoms with Gasteiger partial charge in [0.05, 0.1) is 18.5 Å². The number of carbonyl (C=O) groups is 2. The van der Waals surface area contributed by atoms with Crippen LogP contribution in [0.15, 0.2) is 30.5 Å². The van der Waals surface area contributed by atoms with Crippen molar-refractivity contribution in [3.63, 3.8) is 0 Å². The van der Waals surface area contributed by atoms with Gasteiger partial charge in [0.2, 0.25) is 5.91 Å². The third kappa shape index (κ3) is 3.29. The van der Waals surface area contributed by atoms with Gasteiger partial charge < -0.3 is 9.64 Å². The normalized spacial score (nSPS) is 17.3. The summed E-state index contributed by atoms with van der Waals surface area (Å²) in [5, 5.41) is 6.62. The minimum Gasteiger partial charge on any atom is -0.462 e. The molecule has 0 bridgehead atoms. The predicted octanol–water partition coefficient (Wildman–Crippen LogP) is 2.24. The molecule has 1 unspecified atom stereocenters. The van der Waals surface area contributed by atoms with Crippen molar-refractivity contribution in [1.29, 1.82) is 0 Å². The summed E-state index contributed by atoms with van der Waals surface area (Å²) in [4.78, 5) is 25.7. The summed E-state index contributed by atoms with van der Waals surface area (Å²) in [5.74, 6) is -0.754.